The number of halogens is 4. The van der Waals surface area contributed by atoms with Gasteiger partial charge in [0.2, 0.25) is 0 Å². The quantitative estimate of drug-likeness (QED) is 0.223. The molecule has 3 rings (SSSR count). The van der Waals surface area contributed by atoms with Crippen LogP contribution >= 0.6 is 46.4 Å². The normalized spacial score (nSPS) is 12.6. The molecule has 0 spiro atoms. The Bertz CT molecular complexity index is 985. The zero-order valence-electron chi connectivity index (χ0n) is 18.0. The van der Waals surface area contributed by atoms with Crippen LogP contribution < -0.4 is 20.1 Å². The first-order valence-corrected chi connectivity index (χ1v) is 11.9. The number of aliphatic hydroxyl groups excluding tert-OH is 2. The number of hydrogen-bond donors (Lipinski definition) is 4. The van der Waals surface area contributed by atoms with Crippen molar-refractivity contribution in [2.45, 2.75) is 12.2 Å². The van der Waals surface area contributed by atoms with Crippen molar-refractivity contribution in [3.8, 4) is 11.5 Å². The Morgan fingerprint density at radius 3 is 1.32 bits per heavy atom. The maximum atomic E-state index is 10.1. The molecule has 0 aliphatic heterocycles. The lowest BCUT2D eigenvalue weighted by atomic mass is 10.3. The minimum absolute atomic E-state index is 0.105. The number of aliphatic hydroxyl groups is 2. The Labute approximate surface area is 218 Å². The smallest absolute Gasteiger partial charge is 0.119 e. The molecule has 4 N–H and O–H groups in total. The van der Waals surface area contributed by atoms with Crippen LogP contribution in [-0.2, 0) is 0 Å². The fourth-order valence-corrected chi connectivity index (χ4v) is 3.41. The van der Waals surface area contributed by atoms with Gasteiger partial charge < -0.3 is 30.3 Å². The van der Waals surface area contributed by atoms with Crippen molar-refractivity contribution in [1.82, 2.24) is 0 Å². The molecular weight excluding hydrogens is 522 g/mol. The monoisotopic (exact) mass is 544 g/mol. The SMILES string of the molecule is O[C@@H](CNc1ccc(Cl)c(Cl)c1)COc1ccc(OC[C@@H](O)CNc2ccc(Cl)c(Cl)c2)cc1. The highest BCUT2D eigenvalue weighted by Gasteiger charge is 2.09. The second kappa shape index (κ2) is 13.1. The van der Waals surface area contributed by atoms with Gasteiger partial charge in [0.25, 0.3) is 0 Å². The zero-order chi connectivity index (χ0) is 24.5. The first kappa shape index (κ1) is 26.5. The standard InChI is InChI=1S/C24H24Cl4N2O4/c25-21-7-1-15(9-23(21)27)29-11-17(31)13-33-19-3-5-20(6-4-19)34-14-18(32)12-30-16-2-8-22(26)24(28)10-16/h1-10,17-18,29-32H,11-14H2/t17-,18-/m0/s1. The first-order chi connectivity index (χ1) is 16.3. The largest absolute Gasteiger partial charge is 0.491 e. The molecule has 6 nitrogen and oxygen atoms in total. The Morgan fingerprint density at radius 1 is 0.588 bits per heavy atom. The molecule has 0 aliphatic carbocycles. The lowest BCUT2D eigenvalue weighted by molar-refractivity contribution is 0.115. The van der Waals surface area contributed by atoms with Gasteiger partial charge >= 0.3 is 0 Å². The van der Waals surface area contributed by atoms with Crippen LogP contribution in [-0.4, -0.2) is 48.7 Å². The number of rotatable bonds is 12. The third-order valence-electron chi connectivity index (χ3n) is 4.63. The van der Waals surface area contributed by atoms with Gasteiger partial charge in [-0.15, -0.1) is 0 Å². The Hall–Kier alpha value is -2.06. The van der Waals surface area contributed by atoms with Gasteiger partial charge in [-0.2, -0.15) is 0 Å². The van der Waals surface area contributed by atoms with Crippen LogP contribution in [0, 0.1) is 0 Å². The summed E-state index contributed by atoms with van der Waals surface area (Å²) in [5.74, 6) is 1.17. The van der Waals surface area contributed by atoms with Crippen molar-refractivity contribution in [3.63, 3.8) is 0 Å². The van der Waals surface area contributed by atoms with Gasteiger partial charge in [0.15, 0.2) is 0 Å². The predicted molar refractivity (Wildman–Crippen MR) is 139 cm³/mol. The Morgan fingerprint density at radius 2 is 0.971 bits per heavy atom. The van der Waals surface area contributed by atoms with Crippen LogP contribution in [0.15, 0.2) is 60.7 Å². The average molecular weight is 546 g/mol. The predicted octanol–water partition coefficient (Wildman–Crippen LogP) is 6.00. The fraction of sp³-hybridized carbons (Fsp3) is 0.250. The van der Waals surface area contributed by atoms with Gasteiger partial charge in [-0.05, 0) is 60.7 Å². The van der Waals surface area contributed by atoms with E-state index >= 15 is 0 Å². The fourth-order valence-electron chi connectivity index (χ4n) is 2.82. The summed E-state index contributed by atoms with van der Waals surface area (Å²) in [5.41, 5.74) is 1.51. The molecule has 182 valence electrons. The number of ether oxygens (including phenoxy) is 2. The molecule has 0 aromatic heterocycles. The van der Waals surface area contributed by atoms with E-state index in [1.54, 1.807) is 60.7 Å². The van der Waals surface area contributed by atoms with Crippen molar-refractivity contribution in [2.75, 3.05) is 36.9 Å². The number of hydrogen-bond acceptors (Lipinski definition) is 6. The third-order valence-corrected chi connectivity index (χ3v) is 6.11. The minimum atomic E-state index is -0.733. The van der Waals surface area contributed by atoms with Gasteiger partial charge in [-0.25, -0.2) is 0 Å². The summed E-state index contributed by atoms with van der Waals surface area (Å²) >= 11 is 23.7. The summed E-state index contributed by atoms with van der Waals surface area (Å²) in [6, 6.07) is 17.2. The van der Waals surface area contributed by atoms with Gasteiger partial charge in [0, 0.05) is 24.5 Å². The Balaban J connectivity index is 1.35. The highest BCUT2D eigenvalue weighted by atomic mass is 35.5. The molecule has 0 radical (unpaired) electrons. The van der Waals surface area contributed by atoms with E-state index in [9.17, 15) is 10.2 Å². The van der Waals surface area contributed by atoms with Crippen LogP contribution in [0.3, 0.4) is 0 Å². The van der Waals surface area contributed by atoms with Gasteiger partial charge in [-0.3, -0.25) is 0 Å². The summed E-state index contributed by atoms with van der Waals surface area (Å²) in [6.07, 6.45) is -1.47. The molecule has 0 bridgehead atoms. The van der Waals surface area contributed by atoms with Crippen LogP contribution in [0.5, 0.6) is 11.5 Å². The van der Waals surface area contributed by atoms with E-state index in [1.807, 2.05) is 0 Å². The molecule has 3 aromatic rings. The van der Waals surface area contributed by atoms with E-state index in [4.69, 9.17) is 55.9 Å². The second-order valence-electron chi connectivity index (χ2n) is 7.42. The number of anilines is 2. The molecule has 0 fully saturated rings. The maximum absolute atomic E-state index is 10.1. The van der Waals surface area contributed by atoms with Crippen molar-refractivity contribution in [3.05, 3.63) is 80.8 Å². The minimum Gasteiger partial charge on any atom is -0.491 e. The molecule has 10 heteroatoms. The molecule has 2 atom stereocenters. The van der Waals surface area contributed by atoms with E-state index in [0.717, 1.165) is 11.4 Å². The molecular formula is C24H24Cl4N2O4. The zero-order valence-corrected chi connectivity index (χ0v) is 21.0. The molecule has 0 amide bonds. The molecule has 0 heterocycles. The van der Waals surface area contributed by atoms with E-state index in [-0.39, 0.29) is 26.3 Å². The van der Waals surface area contributed by atoms with Gasteiger partial charge in [0.05, 0.1) is 20.1 Å². The van der Waals surface area contributed by atoms with Crippen molar-refractivity contribution < 1.29 is 19.7 Å². The van der Waals surface area contributed by atoms with Crippen molar-refractivity contribution in [1.29, 1.82) is 0 Å². The first-order valence-electron chi connectivity index (χ1n) is 10.4. The molecule has 0 unspecified atom stereocenters. The lowest BCUT2D eigenvalue weighted by Crippen LogP contribution is -2.26. The number of benzene rings is 3. The summed E-state index contributed by atoms with van der Waals surface area (Å²) in [7, 11) is 0. The molecule has 0 saturated heterocycles. The maximum Gasteiger partial charge on any atom is 0.119 e. The topological polar surface area (TPSA) is 83.0 Å². The van der Waals surface area contributed by atoms with Gasteiger partial charge in [0.1, 0.15) is 36.9 Å². The molecule has 34 heavy (non-hydrogen) atoms. The van der Waals surface area contributed by atoms with Crippen LogP contribution in [0.25, 0.3) is 0 Å². The third kappa shape index (κ3) is 8.62. The van der Waals surface area contributed by atoms with E-state index < -0.39 is 12.2 Å². The van der Waals surface area contributed by atoms with E-state index in [0.29, 0.717) is 31.6 Å². The van der Waals surface area contributed by atoms with Crippen LogP contribution in [0.2, 0.25) is 20.1 Å². The Kier molecular flexibility index (Phi) is 10.3. The van der Waals surface area contributed by atoms with E-state index in [1.165, 1.54) is 0 Å². The van der Waals surface area contributed by atoms with E-state index in [2.05, 4.69) is 10.6 Å². The lowest BCUT2D eigenvalue weighted by Gasteiger charge is -2.16. The summed E-state index contributed by atoms with van der Waals surface area (Å²) in [4.78, 5) is 0. The molecule has 0 aliphatic rings. The highest BCUT2D eigenvalue weighted by molar-refractivity contribution is 6.42. The van der Waals surface area contributed by atoms with Gasteiger partial charge in [-0.1, -0.05) is 46.4 Å². The molecule has 0 saturated carbocycles. The molecule has 3 aromatic carbocycles. The van der Waals surface area contributed by atoms with Crippen molar-refractivity contribution >= 4 is 57.8 Å². The summed E-state index contributed by atoms with van der Waals surface area (Å²) in [5, 5.41) is 28.3. The van der Waals surface area contributed by atoms with Crippen molar-refractivity contribution in [2.24, 2.45) is 0 Å². The average Bonchev–Trinajstić information content (AvgIpc) is 2.83. The van der Waals surface area contributed by atoms with Crippen LogP contribution in [0.4, 0.5) is 11.4 Å². The summed E-state index contributed by atoms with van der Waals surface area (Å²) < 4.78 is 11.2. The summed E-state index contributed by atoms with van der Waals surface area (Å²) in [6.45, 7) is 0.780. The van der Waals surface area contributed by atoms with Crippen LogP contribution in [0.1, 0.15) is 0 Å². The number of nitrogens with one attached hydrogen (secondary N) is 2. The second-order valence-corrected chi connectivity index (χ2v) is 9.05. The highest BCUT2D eigenvalue weighted by Crippen LogP contribution is 2.26.